The molecular formula is C24H26N2O4. The number of nitrogens with zero attached hydrogens (tertiary/aromatic N) is 2. The third kappa shape index (κ3) is 4.64. The van der Waals surface area contributed by atoms with Crippen LogP contribution in [0.5, 0.6) is 5.75 Å². The first-order valence-corrected chi connectivity index (χ1v) is 10.4. The molecule has 0 spiro atoms. The number of ether oxygens (including phenoxy) is 1. The number of aliphatic carboxylic acids is 1. The van der Waals surface area contributed by atoms with Crippen molar-refractivity contribution in [2.75, 3.05) is 13.1 Å². The molecule has 0 radical (unpaired) electrons. The van der Waals surface area contributed by atoms with E-state index in [0.717, 1.165) is 28.6 Å². The number of amides is 1. The zero-order chi connectivity index (χ0) is 20.9. The zero-order valence-corrected chi connectivity index (χ0v) is 16.9. The molecule has 1 fully saturated rings. The van der Waals surface area contributed by atoms with Crippen molar-refractivity contribution in [1.82, 2.24) is 9.47 Å². The summed E-state index contributed by atoms with van der Waals surface area (Å²) in [4.78, 5) is 25.6. The summed E-state index contributed by atoms with van der Waals surface area (Å²) in [5.74, 6) is -0.455. The third-order valence-corrected chi connectivity index (χ3v) is 5.68. The van der Waals surface area contributed by atoms with Crippen LogP contribution in [0.4, 0.5) is 0 Å². The zero-order valence-electron chi connectivity index (χ0n) is 16.9. The molecule has 0 aliphatic carbocycles. The van der Waals surface area contributed by atoms with Crippen molar-refractivity contribution < 1.29 is 19.4 Å². The summed E-state index contributed by atoms with van der Waals surface area (Å²) in [7, 11) is 0. The van der Waals surface area contributed by atoms with Crippen molar-refractivity contribution in [3.63, 3.8) is 0 Å². The number of carbonyl (C=O) groups is 2. The Kier molecular flexibility index (Phi) is 6.02. The van der Waals surface area contributed by atoms with Gasteiger partial charge in [0.2, 0.25) is 5.91 Å². The minimum atomic E-state index is -0.813. The molecule has 1 atom stereocenters. The number of carboxylic acids is 1. The number of fused-ring (bicyclic) bond motifs is 1. The van der Waals surface area contributed by atoms with E-state index in [2.05, 4.69) is 4.57 Å². The number of piperidine rings is 1. The Morgan fingerprint density at radius 3 is 2.73 bits per heavy atom. The van der Waals surface area contributed by atoms with Crippen LogP contribution in [-0.2, 0) is 22.7 Å². The number of aryl methyl sites for hydroxylation is 1. The normalized spacial score (nSPS) is 16.5. The molecule has 0 saturated carbocycles. The lowest BCUT2D eigenvalue weighted by atomic mass is 9.98. The predicted molar refractivity (Wildman–Crippen MR) is 114 cm³/mol. The van der Waals surface area contributed by atoms with Gasteiger partial charge in [-0.1, -0.05) is 30.3 Å². The highest BCUT2D eigenvalue weighted by Crippen LogP contribution is 2.24. The highest BCUT2D eigenvalue weighted by Gasteiger charge is 2.27. The number of hydrogen-bond donors (Lipinski definition) is 1. The van der Waals surface area contributed by atoms with Gasteiger partial charge in [0, 0.05) is 38.3 Å². The van der Waals surface area contributed by atoms with E-state index in [1.807, 2.05) is 60.8 Å². The highest BCUT2D eigenvalue weighted by atomic mass is 16.5. The molecule has 1 aliphatic heterocycles. The molecule has 1 aromatic heterocycles. The Bertz CT molecular complexity index is 1030. The Morgan fingerprint density at radius 2 is 1.93 bits per heavy atom. The van der Waals surface area contributed by atoms with Gasteiger partial charge in [0.05, 0.1) is 11.4 Å². The van der Waals surface area contributed by atoms with Gasteiger partial charge < -0.3 is 19.3 Å². The summed E-state index contributed by atoms with van der Waals surface area (Å²) in [6.07, 6.45) is 3.73. The van der Waals surface area contributed by atoms with Crippen molar-refractivity contribution in [3.8, 4) is 5.75 Å². The van der Waals surface area contributed by atoms with Gasteiger partial charge in [-0.25, -0.2) is 0 Å². The van der Waals surface area contributed by atoms with Crippen molar-refractivity contribution in [3.05, 3.63) is 66.4 Å². The summed E-state index contributed by atoms with van der Waals surface area (Å²) in [6.45, 7) is 2.02. The van der Waals surface area contributed by atoms with Crippen LogP contribution in [0.2, 0.25) is 0 Å². The molecule has 1 aliphatic rings. The Labute approximate surface area is 175 Å². The molecule has 1 saturated heterocycles. The largest absolute Gasteiger partial charge is 0.489 e. The van der Waals surface area contributed by atoms with E-state index in [4.69, 9.17) is 4.74 Å². The minimum Gasteiger partial charge on any atom is -0.489 e. The number of rotatable bonds is 7. The van der Waals surface area contributed by atoms with Crippen LogP contribution in [0.1, 0.15) is 24.8 Å². The van der Waals surface area contributed by atoms with Gasteiger partial charge in [0.1, 0.15) is 12.4 Å². The first-order valence-electron chi connectivity index (χ1n) is 10.4. The van der Waals surface area contributed by atoms with Crippen molar-refractivity contribution in [2.24, 2.45) is 5.92 Å². The van der Waals surface area contributed by atoms with E-state index in [0.29, 0.717) is 39.1 Å². The average molecular weight is 406 g/mol. The first-order chi connectivity index (χ1) is 14.6. The van der Waals surface area contributed by atoms with Crippen molar-refractivity contribution in [2.45, 2.75) is 32.4 Å². The van der Waals surface area contributed by atoms with Crippen molar-refractivity contribution >= 4 is 22.8 Å². The molecule has 1 N–H and O–H groups in total. The SMILES string of the molecule is O=C(O)[C@@H]1CCCN(C(=O)CCn2ccc3ccc(OCc4ccccc4)cc32)C1. The maximum Gasteiger partial charge on any atom is 0.308 e. The predicted octanol–water partition coefficient (Wildman–Crippen LogP) is 3.93. The molecule has 0 unspecified atom stereocenters. The first kappa shape index (κ1) is 20.0. The van der Waals surface area contributed by atoms with Gasteiger partial charge in [-0.15, -0.1) is 0 Å². The second kappa shape index (κ2) is 9.03. The lowest BCUT2D eigenvalue weighted by Crippen LogP contribution is -2.42. The molecule has 1 amide bonds. The molecule has 2 aromatic carbocycles. The summed E-state index contributed by atoms with van der Waals surface area (Å²) in [5.41, 5.74) is 2.13. The van der Waals surface area contributed by atoms with Crippen LogP contribution in [0.25, 0.3) is 10.9 Å². The maximum absolute atomic E-state index is 12.6. The monoisotopic (exact) mass is 406 g/mol. The van der Waals surface area contributed by atoms with Gasteiger partial charge in [-0.05, 0) is 42.0 Å². The van der Waals surface area contributed by atoms with Gasteiger partial charge in [0.25, 0.3) is 0 Å². The molecule has 0 bridgehead atoms. The molecule has 4 rings (SSSR count). The van der Waals surface area contributed by atoms with E-state index >= 15 is 0 Å². The fourth-order valence-corrected chi connectivity index (χ4v) is 3.97. The summed E-state index contributed by atoms with van der Waals surface area (Å²) in [5, 5.41) is 10.3. The van der Waals surface area contributed by atoms with Gasteiger partial charge in [0.15, 0.2) is 0 Å². The molecule has 3 aromatic rings. The van der Waals surface area contributed by atoms with Gasteiger partial charge in [-0.3, -0.25) is 9.59 Å². The van der Waals surface area contributed by atoms with Gasteiger partial charge in [-0.2, -0.15) is 0 Å². The Balaban J connectivity index is 1.39. The number of hydrogen-bond acceptors (Lipinski definition) is 3. The van der Waals surface area contributed by atoms with Crippen LogP contribution >= 0.6 is 0 Å². The van der Waals surface area contributed by atoms with Gasteiger partial charge >= 0.3 is 5.97 Å². The fourth-order valence-electron chi connectivity index (χ4n) is 3.97. The van der Waals surface area contributed by atoms with E-state index < -0.39 is 11.9 Å². The highest BCUT2D eigenvalue weighted by molar-refractivity contribution is 5.82. The van der Waals surface area contributed by atoms with E-state index in [1.165, 1.54) is 0 Å². The maximum atomic E-state index is 12.6. The smallest absolute Gasteiger partial charge is 0.308 e. The summed E-state index contributed by atoms with van der Waals surface area (Å²) >= 11 is 0. The van der Waals surface area contributed by atoms with Crippen LogP contribution in [0.15, 0.2) is 60.8 Å². The van der Waals surface area contributed by atoms with Crippen LogP contribution < -0.4 is 4.74 Å². The topological polar surface area (TPSA) is 71.8 Å². The second-order valence-corrected chi connectivity index (χ2v) is 7.77. The molecule has 156 valence electrons. The van der Waals surface area contributed by atoms with Crippen LogP contribution in [-0.4, -0.2) is 39.5 Å². The average Bonchev–Trinajstić information content (AvgIpc) is 3.19. The standard InChI is InChI=1S/C24H26N2O4/c27-23(26-12-4-7-20(16-26)24(28)29)11-14-25-13-10-19-8-9-21(15-22(19)25)30-17-18-5-2-1-3-6-18/h1-3,5-6,8-10,13,15,20H,4,7,11-12,14,16-17H2,(H,28,29)/t20-/m1/s1. The minimum absolute atomic E-state index is 0.0132. The quantitative estimate of drug-likeness (QED) is 0.645. The van der Waals surface area contributed by atoms with Crippen molar-refractivity contribution in [1.29, 1.82) is 0 Å². The van der Waals surface area contributed by atoms with E-state index in [1.54, 1.807) is 4.90 Å². The van der Waals surface area contributed by atoms with Crippen LogP contribution in [0.3, 0.4) is 0 Å². The number of benzene rings is 2. The lowest BCUT2D eigenvalue weighted by molar-refractivity contribution is -0.145. The van der Waals surface area contributed by atoms with E-state index in [-0.39, 0.29) is 5.91 Å². The number of carbonyl (C=O) groups excluding carboxylic acids is 1. The molecule has 2 heterocycles. The molecule has 6 nitrogen and oxygen atoms in total. The van der Waals surface area contributed by atoms with Crippen LogP contribution in [0, 0.1) is 5.92 Å². The lowest BCUT2D eigenvalue weighted by Gasteiger charge is -2.30. The summed E-state index contributed by atoms with van der Waals surface area (Å²) < 4.78 is 7.99. The summed E-state index contributed by atoms with van der Waals surface area (Å²) in [6, 6.07) is 18.0. The Hall–Kier alpha value is -3.28. The van der Waals surface area contributed by atoms with E-state index in [9.17, 15) is 14.7 Å². The second-order valence-electron chi connectivity index (χ2n) is 7.77. The molecular weight excluding hydrogens is 380 g/mol. The Morgan fingerprint density at radius 1 is 1.10 bits per heavy atom. The number of aromatic nitrogens is 1. The third-order valence-electron chi connectivity index (χ3n) is 5.68. The number of carboxylic acid groups (broad SMARTS) is 1. The number of likely N-dealkylation sites (tertiary alicyclic amines) is 1. The molecule has 30 heavy (non-hydrogen) atoms. The molecule has 6 heteroatoms. The fraction of sp³-hybridized carbons (Fsp3) is 0.333.